The van der Waals surface area contributed by atoms with Crippen LogP contribution in [0.2, 0.25) is 0 Å². The first-order valence-electron chi connectivity index (χ1n) is 6.35. The number of nitrogens with one attached hydrogen (secondary N) is 1. The molecule has 0 fully saturated rings. The molecule has 1 unspecified atom stereocenters. The maximum absolute atomic E-state index is 13.2. The summed E-state index contributed by atoms with van der Waals surface area (Å²) in [6.07, 6.45) is 1.31. The summed E-state index contributed by atoms with van der Waals surface area (Å²) in [7, 11) is 1.29. The van der Waals surface area contributed by atoms with Gasteiger partial charge in [0.05, 0.1) is 19.2 Å². The van der Waals surface area contributed by atoms with Crippen molar-refractivity contribution in [3.8, 4) is 0 Å². The first-order chi connectivity index (χ1) is 10.0. The first-order valence-corrected chi connectivity index (χ1v) is 6.35. The minimum absolute atomic E-state index is 0.202. The predicted molar refractivity (Wildman–Crippen MR) is 71.7 cm³/mol. The van der Waals surface area contributed by atoms with E-state index in [0.717, 1.165) is 12.1 Å². The number of furan rings is 1. The van der Waals surface area contributed by atoms with Crippen molar-refractivity contribution in [3.05, 3.63) is 59.1 Å². The van der Waals surface area contributed by atoms with Crippen molar-refractivity contribution in [1.82, 2.24) is 5.32 Å². The van der Waals surface area contributed by atoms with Crippen LogP contribution in [0, 0.1) is 11.6 Å². The lowest BCUT2D eigenvalue weighted by atomic mass is 10.1. The quantitative estimate of drug-likeness (QED) is 0.861. The average Bonchev–Trinajstić information content (AvgIpc) is 2.95. The highest BCUT2D eigenvalue weighted by Crippen LogP contribution is 2.17. The van der Waals surface area contributed by atoms with E-state index in [1.54, 1.807) is 6.07 Å². The van der Waals surface area contributed by atoms with E-state index in [1.807, 2.05) is 6.92 Å². The van der Waals surface area contributed by atoms with Crippen LogP contribution in [-0.2, 0) is 11.3 Å². The molecular formula is C15H15F2NO3. The van der Waals surface area contributed by atoms with Gasteiger partial charge in [-0.05, 0) is 30.7 Å². The van der Waals surface area contributed by atoms with E-state index in [4.69, 9.17) is 4.42 Å². The summed E-state index contributed by atoms with van der Waals surface area (Å²) in [4.78, 5) is 11.3. The molecule has 2 rings (SSSR count). The molecular weight excluding hydrogens is 280 g/mol. The molecule has 0 spiro atoms. The first kappa shape index (κ1) is 15.2. The van der Waals surface area contributed by atoms with E-state index in [2.05, 4.69) is 10.1 Å². The molecule has 6 heteroatoms. The van der Waals surface area contributed by atoms with Crippen molar-refractivity contribution < 1.29 is 22.7 Å². The van der Waals surface area contributed by atoms with Crippen LogP contribution in [0.3, 0.4) is 0 Å². The van der Waals surface area contributed by atoms with Gasteiger partial charge in [0.1, 0.15) is 12.0 Å². The second kappa shape index (κ2) is 6.49. The number of ether oxygens (including phenoxy) is 1. The Labute approximate surface area is 120 Å². The molecule has 0 aliphatic rings. The molecule has 0 radical (unpaired) electrons. The Morgan fingerprint density at radius 3 is 2.76 bits per heavy atom. The van der Waals surface area contributed by atoms with Gasteiger partial charge >= 0.3 is 5.97 Å². The maximum atomic E-state index is 13.2. The molecule has 1 aromatic carbocycles. The highest BCUT2D eigenvalue weighted by atomic mass is 19.2. The van der Waals surface area contributed by atoms with Gasteiger partial charge in [-0.2, -0.15) is 0 Å². The number of hydrogen-bond donors (Lipinski definition) is 1. The molecule has 1 heterocycles. The van der Waals surface area contributed by atoms with Crippen molar-refractivity contribution in [2.45, 2.75) is 19.5 Å². The van der Waals surface area contributed by atoms with Gasteiger partial charge in [-0.15, -0.1) is 0 Å². The summed E-state index contributed by atoms with van der Waals surface area (Å²) in [6.45, 7) is 2.16. The fourth-order valence-electron chi connectivity index (χ4n) is 1.85. The second-order valence-electron chi connectivity index (χ2n) is 4.57. The largest absolute Gasteiger partial charge is 0.467 e. The monoisotopic (exact) mass is 295 g/mol. The Morgan fingerprint density at radius 2 is 2.10 bits per heavy atom. The summed E-state index contributed by atoms with van der Waals surface area (Å²) < 4.78 is 35.8. The summed E-state index contributed by atoms with van der Waals surface area (Å²) in [5.74, 6) is -1.68. The minimum atomic E-state index is -0.882. The van der Waals surface area contributed by atoms with Gasteiger partial charge in [0.25, 0.3) is 0 Å². The lowest BCUT2D eigenvalue weighted by Gasteiger charge is -2.13. The predicted octanol–water partition coefficient (Wildman–Crippen LogP) is 3.20. The standard InChI is InChI=1S/C15H15F2NO3/c1-9(10-3-4-13(16)14(17)6-10)18-7-12-5-11(8-21-12)15(19)20-2/h3-6,8-9,18H,7H2,1-2H3. The molecule has 1 aromatic heterocycles. The van der Waals surface area contributed by atoms with Crippen LogP contribution >= 0.6 is 0 Å². The second-order valence-corrected chi connectivity index (χ2v) is 4.57. The molecule has 4 nitrogen and oxygen atoms in total. The normalized spacial score (nSPS) is 12.2. The van der Waals surface area contributed by atoms with Crippen LogP contribution in [0.15, 0.2) is 34.9 Å². The van der Waals surface area contributed by atoms with Gasteiger partial charge in [0.2, 0.25) is 0 Å². The Kier molecular flexibility index (Phi) is 4.70. The minimum Gasteiger partial charge on any atom is -0.467 e. The third kappa shape index (κ3) is 3.66. The van der Waals surface area contributed by atoms with E-state index in [1.165, 1.54) is 19.4 Å². The highest BCUT2D eigenvalue weighted by molar-refractivity contribution is 5.88. The van der Waals surface area contributed by atoms with Crippen LogP contribution in [-0.4, -0.2) is 13.1 Å². The van der Waals surface area contributed by atoms with Crippen LogP contribution in [0.1, 0.15) is 34.6 Å². The average molecular weight is 295 g/mol. The Bertz CT molecular complexity index is 640. The SMILES string of the molecule is COC(=O)c1coc(CNC(C)c2ccc(F)c(F)c2)c1. The Hall–Kier alpha value is -2.21. The lowest BCUT2D eigenvalue weighted by Crippen LogP contribution is -2.18. The molecule has 0 aliphatic heterocycles. The van der Waals surface area contributed by atoms with Crippen molar-refractivity contribution in [1.29, 1.82) is 0 Å². The van der Waals surface area contributed by atoms with E-state index in [0.29, 0.717) is 23.4 Å². The van der Waals surface area contributed by atoms with Gasteiger partial charge < -0.3 is 14.5 Å². The Morgan fingerprint density at radius 1 is 1.33 bits per heavy atom. The van der Waals surface area contributed by atoms with Crippen molar-refractivity contribution in [3.63, 3.8) is 0 Å². The van der Waals surface area contributed by atoms with Crippen molar-refractivity contribution >= 4 is 5.97 Å². The highest BCUT2D eigenvalue weighted by Gasteiger charge is 2.12. The van der Waals surface area contributed by atoms with Gasteiger partial charge in [0, 0.05) is 6.04 Å². The van der Waals surface area contributed by atoms with E-state index in [9.17, 15) is 13.6 Å². The Balaban J connectivity index is 1.97. The molecule has 0 bridgehead atoms. The number of methoxy groups -OCH3 is 1. The van der Waals surface area contributed by atoms with Gasteiger partial charge in [-0.3, -0.25) is 0 Å². The topological polar surface area (TPSA) is 51.5 Å². The zero-order chi connectivity index (χ0) is 15.4. The van der Waals surface area contributed by atoms with Crippen molar-refractivity contribution in [2.75, 3.05) is 7.11 Å². The number of benzene rings is 1. The number of hydrogen-bond acceptors (Lipinski definition) is 4. The number of esters is 1. The van der Waals surface area contributed by atoms with Gasteiger partial charge in [-0.25, -0.2) is 13.6 Å². The molecule has 112 valence electrons. The van der Waals surface area contributed by atoms with E-state index in [-0.39, 0.29) is 6.04 Å². The van der Waals surface area contributed by atoms with Crippen LogP contribution in [0.25, 0.3) is 0 Å². The third-order valence-electron chi connectivity index (χ3n) is 3.10. The fourth-order valence-corrected chi connectivity index (χ4v) is 1.85. The van der Waals surface area contributed by atoms with E-state index >= 15 is 0 Å². The zero-order valence-corrected chi connectivity index (χ0v) is 11.7. The molecule has 1 N–H and O–H groups in total. The fraction of sp³-hybridized carbons (Fsp3) is 0.267. The molecule has 0 saturated carbocycles. The molecule has 1 atom stereocenters. The summed E-state index contributed by atoms with van der Waals surface area (Å²) >= 11 is 0. The van der Waals surface area contributed by atoms with Crippen LogP contribution in [0.4, 0.5) is 8.78 Å². The third-order valence-corrected chi connectivity index (χ3v) is 3.10. The number of rotatable bonds is 5. The zero-order valence-electron chi connectivity index (χ0n) is 11.7. The van der Waals surface area contributed by atoms with Gasteiger partial charge in [0.15, 0.2) is 11.6 Å². The van der Waals surface area contributed by atoms with Crippen LogP contribution < -0.4 is 5.32 Å². The van der Waals surface area contributed by atoms with Crippen molar-refractivity contribution in [2.24, 2.45) is 0 Å². The molecule has 0 saturated heterocycles. The smallest absolute Gasteiger partial charge is 0.341 e. The maximum Gasteiger partial charge on any atom is 0.341 e. The summed E-state index contributed by atoms with van der Waals surface area (Å²) in [5, 5.41) is 3.10. The molecule has 21 heavy (non-hydrogen) atoms. The molecule has 0 amide bonds. The number of halogens is 2. The summed E-state index contributed by atoms with van der Waals surface area (Å²) in [6, 6.07) is 5.11. The number of carbonyl (C=O) groups is 1. The lowest BCUT2D eigenvalue weighted by molar-refractivity contribution is 0.0600. The van der Waals surface area contributed by atoms with Gasteiger partial charge in [-0.1, -0.05) is 6.07 Å². The van der Waals surface area contributed by atoms with E-state index < -0.39 is 17.6 Å². The van der Waals surface area contributed by atoms with Crippen LogP contribution in [0.5, 0.6) is 0 Å². The molecule has 0 aliphatic carbocycles. The molecule has 2 aromatic rings. The summed E-state index contributed by atoms with van der Waals surface area (Å²) in [5.41, 5.74) is 0.948. The number of carbonyl (C=O) groups excluding carboxylic acids is 1.